The topological polar surface area (TPSA) is 69.4 Å². The second-order valence-corrected chi connectivity index (χ2v) is 4.97. The molecule has 0 saturated heterocycles. The number of ether oxygens (including phenoxy) is 1. The Hall–Kier alpha value is -2.80. The SMILES string of the molecule is O=C(/C=C/c1cc([N+](=O)[O-])ccc1Cl)c1ccc(OC(F)F)cc1. The van der Waals surface area contributed by atoms with E-state index in [0.717, 1.165) is 0 Å². The molecular formula is C16H10ClF2NO4. The van der Waals surface area contributed by atoms with Crippen LogP contribution in [-0.4, -0.2) is 17.3 Å². The largest absolute Gasteiger partial charge is 0.435 e. The summed E-state index contributed by atoms with van der Waals surface area (Å²) in [6.45, 7) is -2.94. The van der Waals surface area contributed by atoms with Crippen LogP contribution in [-0.2, 0) is 0 Å². The number of hydrogen-bond acceptors (Lipinski definition) is 4. The van der Waals surface area contributed by atoms with Gasteiger partial charge >= 0.3 is 6.61 Å². The standard InChI is InChI=1S/C16H10ClF2NO4/c17-14-7-4-12(20(22)23)9-11(14)3-8-15(21)10-1-5-13(6-2-10)24-16(18)19/h1-9,16H/b8-3+. The fourth-order valence-corrected chi connectivity index (χ4v) is 2.02. The molecule has 5 nitrogen and oxygen atoms in total. The van der Waals surface area contributed by atoms with Crippen LogP contribution in [0.5, 0.6) is 5.75 Å². The van der Waals surface area contributed by atoms with E-state index < -0.39 is 17.3 Å². The Balaban J connectivity index is 2.15. The number of rotatable bonds is 6. The lowest BCUT2D eigenvalue weighted by atomic mass is 10.1. The summed E-state index contributed by atoms with van der Waals surface area (Å²) in [7, 11) is 0. The Morgan fingerprint density at radius 2 is 1.88 bits per heavy atom. The smallest absolute Gasteiger partial charge is 0.387 e. The van der Waals surface area contributed by atoms with Crippen LogP contribution in [0.25, 0.3) is 6.08 Å². The van der Waals surface area contributed by atoms with Crippen molar-refractivity contribution in [2.24, 2.45) is 0 Å². The van der Waals surface area contributed by atoms with Crippen molar-refractivity contribution >= 4 is 29.1 Å². The monoisotopic (exact) mass is 353 g/mol. The molecule has 0 saturated carbocycles. The van der Waals surface area contributed by atoms with Gasteiger partial charge in [-0.15, -0.1) is 0 Å². The number of ketones is 1. The third-order valence-corrected chi connectivity index (χ3v) is 3.31. The van der Waals surface area contributed by atoms with Gasteiger partial charge in [-0.1, -0.05) is 11.6 Å². The van der Waals surface area contributed by atoms with Crippen molar-refractivity contribution in [1.29, 1.82) is 0 Å². The van der Waals surface area contributed by atoms with Gasteiger partial charge < -0.3 is 4.74 Å². The summed E-state index contributed by atoms with van der Waals surface area (Å²) in [5.74, 6) is -0.478. The maximum Gasteiger partial charge on any atom is 0.387 e. The molecule has 0 N–H and O–H groups in total. The number of nitrogens with zero attached hydrogens (tertiary/aromatic N) is 1. The van der Waals surface area contributed by atoms with E-state index in [0.29, 0.717) is 5.56 Å². The van der Waals surface area contributed by atoms with E-state index in [1.54, 1.807) is 0 Å². The maximum atomic E-state index is 12.1. The van der Waals surface area contributed by atoms with Gasteiger partial charge in [0.25, 0.3) is 5.69 Å². The second kappa shape index (κ2) is 7.65. The van der Waals surface area contributed by atoms with Gasteiger partial charge in [0.2, 0.25) is 0 Å². The van der Waals surface area contributed by atoms with E-state index in [9.17, 15) is 23.7 Å². The zero-order valence-electron chi connectivity index (χ0n) is 12.0. The maximum absolute atomic E-state index is 12.1. The number of hydrogen-bond donors (Lipinski definition) is 0. The normalized spacial score (nSPS) is 11.0. The minimum atomic E-state index is -2.94. The van der Waals surface area contributed by atoms with Crippen molar-refractivity contribution in [2.75, 3.05) is 0 Å². The predicted molar refractivity (Wildman–Crippen MR) is 84.5 cm³/mol. The van der Waals surface area contributed by atoms with Crippen LogP contribution >= 0.6 is 11.6 Å². The first-order valence-corrected chi connectivity index (χ1v) is 6.96. The molecule has 0 atom stereocenters. The van der Waals surface area contributed by atoms with Gasteiger partial charge in [0, 0.05) is 22.7 Å². The molecule has 2 aromatic carbocycles. The van der Waals surface area contributed by atoms with Crippen molar-refractivity contribution < 1.29 is 23.2 Å². The zero-order valence-corrected chi connectivity index (χ0v) is 12.7. The summed E-state index contributed by atoms with van der Waals surface area (Å²) >= 11 is 5.93. The molecule has 0 aliphatic carbocycles. The highest BCUT2D eigenvalue weighted by molar-refractivity contribution is 6.32. The van der Waals surface area contributed by atoms with Crippen LogP contribution in [0, 0.1) is 10.1 Å². The van der Waals surface area contributed by atoms with Crippen LogP contribution in [0.3, 0.4) is 0 Å². The number of halogens is 3. The van der Waals surface area contributed by atoms with E-state index in [-0.39, 0.29) is 22.0 Å². The van der Waals surface area contributed by atoms with E-state index >= 15 is 0 Å². The number of nitro groups is 1. The lowest BCUT2D eigenvalue weighted by Crippen LogP contribution is -2.02. The molecule has 0 aromatic heterocycles. The summed E-state index contributed by atoms with van der Waals surface area (Å²) in [5.41, 5.74) is 0.409. The number of nitro benzene ring substituents is 1. The number of non-ortho nitro benzene ring substituents is 1. The predicted octanol–water partition coefficient (Wildman–Crippen LogP) is 4.75. The fraction of sp³-hybridized carbons (Fsp3) is 0.0625. The van der Waals surface area contributed by atoms with Crippen molar-refractivity contribution in [3.8, 4) is 5.75 Å². The van der Waals surface area contributed by atoms with Gasteiger partial charge in [-0.2, -0.15) is 8.78 Å². The first-order chi connectivity index (χ1) is 11.4. The molecule has 0 spiro atoms. The first-order valence-electron chi connectivity index (χ1n) is 6.58. The van der Waals surface area contributed by atoms with Crippen molar-refractivity contribution in [3.05, 3.63) is 74.8 Å². The van der Waals surface area contributed by atoms with Crippen LogP contribution in [0.15, 0.2) is 48.5 Å². The Morgan fingerprint density at radius 1 is 1.21 bits per heavy atom. The van der Waals surface area contributed by atoms with Crippen LogP contribution in [0.1, 0.15) is 15.9 Å². The average Bonchev–Trinajstić information content (AvgIpc) is 2.53. The van der Waals surface area contributed by atoms with Gasteiger partial charge in [-0.05, 0) is 48.0 Å². The first kappa shape index (κ1) is 17.6. The summed E-state index contributed by atoms with van der Waals surface area (Å²) in [6, 6.07) is 9.01. The number of alkyl halides is 2. The third kappa shape index (κ3) is 4.60. The van der Waals surface area contributed by atoms with E-state index in [1.165, 1.54) is 54.6 Å². The molecular weight excluding hydrogens is 344 g/mol. The highest BCUT2D eigenvalue weighted by atomic mass is 35.5. The molecule has 2 aromatic rings. The molecule has 0 bridgehead atoms. The van der Waals surface area contributed by atoms with Crippen molar-refractivity contribution in [2.45, 2.75) is 6.61 Å². The van der Waals surface area contributed by atoms with Crippen LogP contribution in [0.4, 0.5) is 14.5 Å². The minimum absolute atomic E-state index is 0.0627. The molecule has 0 radical (unpaired) electrons. The van der Waals surface area contributed by atoms with Crippen LogP contribution in [0.2, 0.25) is 5.02 Å². The number of carbonyl (C=O) groups excluding carboxylic acids is 1. The van der Waals surface area contributed by atoms with E-state index in [2.05, 4.69) is 4.74 Å². The van der Waals surface area contributed by atoms with E-state index in [1.807, 2.05) is 0 Å². The second-order valence-electron chi connectivity index (χ2n) is 4.56. The van der Waals surface area contributed by atoms with Crippen LogP contribution < -0.4 is 4.74 Å². The lowest BCUT2D eigenvalue weighted by molar-refractivity contribution is -0.384. The quantitative estimate of drug-likeness (QED) is 0.325. The molecule has 24 heavy (non-hydrogen) atoms. The number of allylic oxidation sites excluding steroid dienone is 1. The highest BCUT2D eigenvalue weighted by Crippen LogP contribution is 2.23. The Labute approximate surface area is 140 Å². The Kier molecular flexibility index (Phi) is 5.59. The van der Waals surface area contributed by atoms with E-state index in [4.69, 9.17) is 11.6 Å². The van der Waals surface area contributed by atoms with Crippen molar-refractivity contribution in [3.63, 3.8) is 0 Å². The van der Waals surface area contributed by atoms with Gasteiger partial charge in [0.1, 0.15) is 5.75 Å². The minimum Gasteiger partial charge on any atom is -0.435 e. The Morgan fingerprint density at radius 3 is 2.46 bits per heavy atom. The molecule has 0 fully saturated rings. The molecule has 0 unspecified atom stereocenters. The average molecular weight is 354 g/mol. The fourth-order valence-electron chi connectivity index (χ4n) is 1.83. The molecule has 0 heterocycles. The van der Waals surface area contributed by atoms with Gasteiger partial charge in [0.05, 0.1) is 4.92 Å². The summed E-state index contributed by atoms with van der Waals surface area (Å²) in [6.07, 6.45) is 2.54. The highest BCUT2D eigenvalue weighted by Gasteiger charge is 2.09. The molecule has 2 rings (SSSR count). The van der Waals surface area contributed by atoms with Gasteiger partial charge in [0.15, 0.2) is 5.78 Å². The molecule has 8 heteroatoms. The summed E-state index contributed by atoms with van der Waals surface area (Å²) in [4.78, 5) is 22.2. The van der Waals surface area contributed by atoms with Gasteiger partial charge in [-0.25, -0.2) is 0 Å². The van der Waals surface area contributed by atoms with Crippen molar-refractivity contribution in [1.82, 2.24) is 0 Å². The zero-order chi connectivity index (χ0) is 17.7. The summed E-state index contributed by atoms with van der Waals surface area (Å²) < 4.78 is 28.3. The summed E-state index contributed by atoms with van der Waals surface area (Å²) in [5, 5.41) is 11.0. The molecule has 124 valence electrons. The molecule has 0 aliphatic heterocycles. The molecule has 0 aliphatic rings. The molecule has 0 amide bonds. The Bertz CT molecular complexity index is 791. The van der Waals surface area contributed by atoms with Gasteiger partial charge in [-0.3, -0.25) is 14.9 Å². The third-order valence-electron chi connectivity index (χ3n) is 2.97. The number of benzene rings is 2. The lowest BCUT2D eigenvalue weighted by Gasteiger charge is -2.04. The number of carbonyl (C=O) groups is 1.